The Bertz CT molecular complexity index is 680. The summed E-state index contributed by atoms with van der Waals surface area (Å²) in [5.74, 6) is 0.828. The van der Waals surface area contributed by atoms with Gasteiger partial charge in [0.1, 0.15) is 11.4 Å². The van der Waals surface area contributed by atoms with Gasteiger partial charge in [-0.15, -0.1) is 5.10 Å². The van der Waals surface area contributed by atoms with Crippen LogP contribution in [0.4, 0.5) is 0 Å². The Kier molecular flexibility index (Phi) is 2.65. The number of hydrogen-bond donors (Lipinski definition) is 0. The van der Waals surface area contributed by atoms with E-state index in [1.807, 2.05) is 48.5 Å². The maximum absolute atomic E-state index is 5.22. The molecule has 0 atom stereocenters. The van der Waals surface area contributed by atoms with Crippen molar-refractivity contribution in [3.8, 4) is 17.0 Å². The molecule has 3 aromatic rings. The summed E-state index contributed by atoms with van der Waals surface area (Å²) >= 11 is 0. The number of nitrogens with zero attached hydrogens (tertiary/aromatic N) is 2. The maximum Gasteiger partial charge on any atom is 0.119 e. The van der Waals surface area contributed by atoms with E-state index in [-0.39, 0.29) is 0 Å². The van der Waals surface area contributed by atoms with Crippen LogP contribution in [0.1, 0.15) is 0 Å². The van der Waals surface area contributed by atoms with E-state index in [2.05, 4.69) is 10.2 Å². The molecule has 0 spiro atoms. The van der Waals surface area contributed by atoms with Crippen LogP contribution in [-0.4, -0.2) is 17.3 Å². The molecule has 3 rings (SSSR count). The van der Waals surface area contributed by atoms with E-state index >= 15 is 0 Å². The third kappa shape index (κ3) is 1.80. The highest BCUT2D eigenvalue weighted by Crippen LogP contribution is 2.27. The Morgan fingerprint density at radius 2 is 1.83 bits per heavy atom. The van der Waals surface area contributed by atoms with Crippen molar-refractivity contribution in [1.82, 2.24) is 10.2 Å². The predicted octanol–water partition coefficient (Wildman–Crippen LogP) is 3.31. The van der Waals surface area contributed by atoms with Crippen LogP contribution in [0, 0.1) is 0 Å². The lowest BCUT2D eigenvalue weighted by Gasteiger charge is -2.06. The molecule has 18 heavy (non-hydrogen) atoms. The number of aromatic nitrogens is 2. The first-order valence-electron chi connectivity index (χ1n) is 5.73. The summed E-state index contributed by atoms with van der Waals surface area (Å²) in [4.78, 5) is 0. The van der Waals surface area contributed by atoms with E-state index in [1.54, 1.807) is 13.3 Å². The van der Waals surface area contributed by atoms with Gasteiger partial charge in [0.2, 0.25) is 0 Å². The molecular weight excluding hydrogens is 224 g/mol. The molecule has 0 aliphatic heterocycles. The number of fused-ring (bicyclic) bond motifs is 1. The van der Waals surface area contributed by atoms with Crippen molar-refractivity contribution in [3.05, 3.63) is 54.7 Å². The third-order valence-electron chi connectivity index (χ3n) is 2.92. The second-order valence-electron chi connectivity index (χ2n) is 4.01. The Balaban J connectivity index is 2.25. The highest BCUT2D eigenvalue weighted by atomic mass is 16.5. The van der Waals surface area contributed by atoms with E-state index in [0.29, 0.717) is 0 Å². The molecule has 0 amide bonds. The van der Waals surface area contributed by atoms with Crippen molar-refractivity contribution in [1.29, 1.82) is 0 Å². The zero-order chi connectivity index (χ0) is 12.4. The molecule has 2 aromatic carbocycles. The third-order valence-corrected chi connectivity index (χ3v) is 2.92. The van der Waals surface area contributed by atoms with Gasteiger partial charge in [-0.05, 0) is 18.2 Å². The van der Waals surface area contributed by atoms with Gasteiger partial charge >= 0.3 is 0 Å². The Labute approximate surface area is 105 Å². The van der Waals surface area contributed by atoms with Gasteiger partial charge < -0.3 is 4.74 Å². The summed E-state index contributed by atoms with van der Waals surface area (Å²) in [7, 11) is 1.66. The Morgan fingerprint density at radius 1 is 1.00 bits per heavy atom. The second kappa shape index (κ2) is 4.45. The fraction of sp³-hybridized carbons (Fsp3) is 0.0667. The van der Waals surface area contributed by atoms with E-state index in [1.165, 1.54) is 0 Å². The van der Waals surface area contributed by atoms with Crippen LogP contribution in [0.25, 0.3) is 22.0 Å². The summed E-state index contributed by atoms with van der Waals surface area (Å²) in [6, 6.07) is 16.0. The van der Waals surface area contributed by atoms with Crippen molar-refractivity contribution in [2.75, 3.05) is 7.11 Å². The molecule has 0 aliphatic carbocycles. The summed E-state index contributed by atoms with van der Waals surface area (Å²) < 4.78 is 5.22. The van der Waals surface area contributed by atoms with Crippen LogP contribution in [-0.2, 0) is 0 Å². The maximum atomic E-state index is 5.22. The van der Waals surface area contributed by atoms with Gasteiger partial charge in [0, 0.05) is 16.3 Å². The Morgan fingerprint density at radius 3 is 2.61 bits per heavy atom. The number of hydrogen-bond acceptors (Lipinski definition) is 3. The van der Waals surface area contributed by atoms with Crippen LogP contribution < -0.4 is 4.74 Å². The monoisotopic (exact) mass is 236 g/mol. The van der Waals surface area contributed by atoms with E-state index < -0.39 is 0 Å². The first kappa shape index (κ1) is 10.7. The van der Waals surface area contributed by atoms with Gasteiger partial charge in [0.15, 0.2) is 0 Å². The van der Waals surface area contributed by atoms with Gasteiger partial charge in [-0.3, -0.25) is 0 Å². The molecule has 0 bridgehead atoms. The average Bonchev–Trinajstić information content (AvgIpc) is 2.47. The minimum absolute atomic E-state index is 0.828. The normalized spacial score (nSPS) is 10.5. The molecule has 0 unspecified atom stereocenters. The van der Waals surface area contributed by atoms with Crippen molar-refractivity contribution >= 4 is 10.8 Å². The van der Waals surface area contributed by atoms with Gasteiger partial charge in [-0.1, -0.05) is 30.3 Å². The summed E-state index contributed by atoms with van der Waals surface area (Å²) in [6.45, 7) is 0. The minimum atomic E-state index is 0.828. The van der Waals surface area contributed by atoms with E-state index in [9.17, 15) is 0 Å². The smallest absolute Gasteiger partial charge is 0.119 e. The van der Waals surface area contributed by atoms with Crippen LogP contribution >= 0.6 is 0 Å². The van der Waals surface area contributed by atoms with E-state index in [0.717, 1.165) is 27.8 Å². The fourth-order valence-corrected chi connectivity index (χ4v) is 2.00. The van der Waals surface area contributed by atoms with Crippen LogP contribution in [0.15, 0.2) is 54.7 Å². The molecule has 0 saturated carbocycles. The minimum Gasteiger partial charge on any atom is -0.497 e. The lowest BCUT2D eigenvalue weighted by molar-refractivity contribution is 0.415. The van der Waals surface area contributed by atoms with E-state index in [4.69, 9.17) is 4.74 Å². The van der Waals surface area contributed by atoms with Gasteiger partial charge in [0.05, 0.1) is 13.3 Å². The molecule has 0 radical (unpaired) electrons. The van der Waals surface area contributed by atoms with Gasteiger partial charge in [-0.2, -0.15) is 5.10 Å². The van der Waals surface area contributed by atoms with Crippen molar-refractivity contribution < 1.29 is 4.74 Å². The molecule has 0 aliphatic rings. The average molecular weight is 236 g/mol. The highest BCUT2D eigenvalue weighted by Gasteiger charge is 2.06. The number of benzene rings is 2. The van der Waals surface area contributed by atoms with Crippen LogP contribution in [0.5, 0.6) is 5.75 Å². The lowest BCUT2D eigenvalue weighted by atomic mass is 10.1. The first-order valence-corrected chi connectivity index (χ1v) is 5.73. The highest BCUT2D eigenvalue weighted by molar-refractivity contribution is 5.94. The number of ether oxygens (including phenoxy) is 1. The second-order valence-corrected chi connectivity index (χ2v) is 4.01. The molecule has 1 aromatic heterocycles. The summed E-state index contributed by atoms with van der Waals surface area (Å²) in [6.07, 6.45) is 1.75. The quantitative estimate of drug-likeness (QED) is 0.684. The van der Waals surface area contributed by atoms with Crippen molar-refractivity contribution in [3.63, 3.8) is 0 Å². The van der Waals surface area contributed by atoms with Crippen molar-refractivity contribution in [2.45, 2.75) is 0 Å². The van der Waals surface area contributed by atoms with Crippen LogP contribution in [0.3, 0.4) is 0 Å². The number of rotatable bonds is 2. The molecule has 3 nitrogen and oxygen atoms in total. The number of methoxy groups -OCH3 is 1. The largest absolute Gasteiger partial charge is 0.497 e. The van der Waals surface area contributed by atoms with Gasteiger partial charge in [-0.25, -0.2) is 0 Å². The molecule has 0 saturated heterocycles. The molecule has 3 heteroatoms. The molecule has 0 fully saturated rings. The topological polar surface area (TPSA) is 35.0 Å². The van der Waals surface area contributed by atoms with Crippen molar-refractivity contribution in [2.24, 2.45) is 0 Å². The lowest BCUT2D eigenvalue weighted by Crippen LogP contribution is -1.90. The standard InChI is InChI=1S/C15H12N2O/c1-18-13-7-8-14-12(9-13)10-16-17-15(14)11-5-3-2-4-6-11/h2-10H,1H3. The van der Waals surface area contributed by atoms with Gasteiger partial charge in [0.25, 0.3) is 0 Å². The zero-order valence-electron chi connectivity index (χ0n) is 10.00. The summed E-state index contributed by atoms with van der Waals surface area (Å²) in [5, 5.41) is 10.4. The first-order chi connectivity index (χ1) is 8.88. The molecular formula is C15H12N2O. The molecule has 88 valence electrons. The fourth-order valence-electron chi connectivity index (χ4n) is 2.00. The Hall–Kier alpha value is -2.42. The SMILES string of the molecule is COc1ccc2c(-c3ccccc3)nncc2c1. The zero-order valence-corrected chi connectivity index (χ0v) is 10.00. The molecule has 0 N–H and O–H groups in total. The predicted molar refractivity (Wildman–Crippen MR) is 71.5 cm³/mol. The summed E-state index contributed by atoms with van der Waals surface area (Å²) in [5.41, 5.74) is 1.97. The molecule has 1 heterocycles. The van der Waals surface area contributed by atoms with Crippen LogP contribution in [0.2, 0.25) is 0 Å².